The van der Waals surface area contributed by atoms with Gasteiger partial charge in [0.05, 0.1) is 10.7 Å². The molecule has 1 heterocycles. The molecule has 0 bridgehead atoms. The van der Waals surface area contributed by atoms with Crippen molar-refractivity contribution in [3.63, 3.8) is 0 Å². The van der Waals surface area contributed by atoms with Crippen molar-refractivity contribution >= 4 is 22.8 Å². The molecule has 4 heteroatoms. The van der Waals surface area contributed by atoms with Crippen LogP contribution in [0.4, 0.5) is 0 Å². The number of amides is 1. The molecule has 1 amide bonds. The van der Waals surface area contributed by atoms with Gasteiger partial charge in [-0.05, 0) is 31.4 Å². The number of nitrogens with zero attached hydrogens (tertiary/aromatic N) is 1. The quantitative estimate of drug-likeness (QED) is 0.829. The van der Waals surface area contributed by atoms with Crippen LogP contribution in [0.5, 0.6) is 0 Å². The molecule has 0 aliphatic heterocycles. The number of nitrogens with one attached hydrogen (secondary N) is 1. The molecule has 18 heavy (non-hydrogen) atoms. The molecule has 3 nitrogen and oxygen atoms in total. The fourth-order valence-corrected chi connectivity index (χ4v) is 2.47. The summed E-state index contributed by atoms with van der Waals surface area (Å²) in [6, 6.07) is 0. The highest BCUT2D eigenvalue weighted by Gasteiger charge is 2.15. The zero-order valence-electron chi connectivity index (χ0n) is 10.8. The molecule has 1 aliphatic carbocycles. The van der Waals surface area contributed by atoms with Crippen molar-refractivity contribution in [1.29, 1.82) is 0 Å². The second-order valence-electron chi connectivity index (χ2n) is 4.39. The van der Waals surface area contributed by atoms with Gasteiger partial charge in [0.15, 0.2) is 0 Å². The molecule has 0 unspecified atom stereocenters. The van der Waals surface area contributed by atoms with E-state index >= 15 is 0 Å². The van der Waals surface area contributed by atoms with E-state index in [1.807, 2.05) is 18.4 Å². The minimum absolute atomic E-state index is 0.0571. The van der Waals surface area contributed by atoms with Crippen LogP contribution >= 0.6 is 11.3 Å². The monoisotopic (exact) mass is 262 g/mol. The van der Waals surface area contributed by atoms with E-state index in [1.54, 1.807) is 11.3 Å². The molecule has 0 radical (unpaired) electrons. The van der Waals surface area contributed by atoms with Crippen molar-refractivity contribution in [2.75, 3.05) is 6.54 Å². The molecule has 0 saturated heterocycles. The van der Waals surface area contributed by atoms with Gasteiger partial charge >= 0.3 is 0 Å². The molecule has 0 fully saturated rings. The summed E-state index contributed by atoms with van der Waals surface area (Å²) in [5.74, 6) is 0.0571. The maximum atomic E-state index is 11.9. The van der Waals surface area contributed by atoms with Crippen molar-refractivity contribution in [3.8, 4) is 0 Å². The molecule has 1 N–H and O–H groups in total. The molecule has 0 saturated carbocycles. The number of carbonyl (C=O) groups is 1. The molecule has 0 aromatic carbocycles. The average Bonchev–Trinajstić information content (AvgIpc) is 2.97. The van der Waals surface area contributed by atoms with Crippen molar-refractivity contribution in [1.82, 2.24) is 10.3 Å². The van der Waals surface area contributed by atoms with Crippen LogP contribution in [0.2, 0.25) is 0 Å². The number of unbranched alkanes of at least 4 members (excludes halogenated alkanes) is 1. The van der Waals surface area contributed by atoms with Crippen LogP contribution in [-0.4, -0.2) is 17.4 Å². The fraction of sp³-hybridized carbons (Fsp3) is 0.429. The van der Waals surface area contributed by atoms with Gasteiger partial charge in [0.25, 0.3) is 0 Å². The molecule has 1 aromatic rings. The summed E-state index contributed by atoms with van der Waals surface area (Å²) in [4.78, 5) is 16.3. The molecule has 0 atom stereocenters. The third-order valence-electron chi connectivity index (χ3n) is 2.89. The van der Waals surface area contributed by atoms with Crippen LogP contribution in [0.25, 0.3) is 5.57 Å². The highest BCUT2D eigenvalue weighted by molar-refractivity contribution is 7.09. The predicted octanol–water partition coefficient (Wildman–Crippen LogP) is 3.08. The third-order valence-corrected chi connectivity index (χ3v) is 3.67. The molecule has 1 aromatic heterocycles. The standard InChI is InChI=1S/C14H18N2OS/c1-3-4-7-15-14(17)12-6-5-11(8-12)13-9-18-10(2)16-13/h5,8-9H,3-4,6-7H2,1-2H3,(H,15,17). The SMILES string of the molecule is CCCCNC(=O)C1=CC(c2csc(C)n2)=CC1. The molecule has 96 valence electrons. The largest absolute Gasteiger partial charge is 0.352 e. The van der Waals surface area contributed by atoms with Crippen LogP contribution in [-0.2, 0) is 4.79 Å². The Kier molecular flexibility index (Phi) is 4.31. The zero-order valence-corrected chi connectivity index (χ0v) is 11.6. The Hall–Kier alpha value is -1.42. The highest BCUT2D eigenvalue weighted by atomic mass is 32.1. The summed E-state index contributed by atoms with van der Waals surface area (Å²) in [5, 5.41) is 6.04. The number of aryl methyl sites for hydroxylation is 1. The van der Waals surface area contributed by atoms with Gasteiger partial charge in [-0.1, -0.05) is 19.4 Å². The average molecular weight is 262 g/mol. The van der Waals surface area contributed by atoms with Gasteiger partial charge in [0.1, 0.15) is 0 Å². The molecular formula is C14H18N2OS. The number of allylic oxidation sites excluding steroid dienone is 3. The number of hydrogen-bond donors (Lipinski definition) is 1. The predicted molar refractivity (Wildman–Crippen MR) is 75.4 cm³/mol. The van der Waals surface area contributed by atoms with Crippen LogP contribution in [0.15, 0.2) is 23.1 Å². The Labute approximate surface area is 112 Å². The van der Waals surface area contributed by atoms with Crippen molar-refractivity contribution in [2.24, 2.45) is 0 Å². The molecule has 2 rings (SSSR count). The van der Waals surface area contributed by atoms with E-state index < -0.39 is 0 Å². The minimum atomic E-state index is 0.0571. The molecule has 0 spiro atoms. The summed E-state index contributed by atoms with van der Waals surface area (Å²) in [7, 11) is 0. The van der Waals surface area contributed by atoms with Gasteiger partial charge in [-0.15, -0.1) is 11.3 Å². The first kappa shape index (κ1) is 13.0. The molecular weight excluding hydrogens is 244 g/mol. The lowest BCUT2D eigenvalue weighted by Gasteiger charge is -2.03. The second kappa shape index (κ2) is 5.96. The smallest absolute Gasteiger partial charge is 0.247 e. The van der Waals surface area contributed by atoms with Gasteiger partial charge in [0.2, 0.25) is 5.91 Å². The van der Waals surface area contributed by atoms with Crippen molar-refractivity contribution in [2.45, 2.75) is 33.1 Å². The lowest BCUT2D eigenvalue weighted by Crippen LogP contribution is -2.25. The summed E-state index contributed by atoms with van der Waals surface area (Å²) < 4.78 is 0. The van der Waals surface area contributed by atoms with Crippen molar-refractivity contribution < 1.29 is 4.79 Å². The third kappa shape index (κ3) is 3.07. The van der Waals surface area contributed by atoms with E-state index in [2.05, 4.69) is 23.3 Å². The van der Waals surface area contributed by atoms with E-state index in [4.69, 9.17) is 0 Å². The topological polar surface area (TPSA) is 42.0 Å². The van der Waals surface area contributed by atoms with Crippen LogP contribution in [0.1, 0.15) is 36.9 Å². The van der Waals surface area contributed by atoms with E-state index in [-0.39, 0.29) is 5.91 Å². The number of carbonyl (C=O) groups excluding carboxylic acids is 1. The van der Waals surface area contributed by atoms with E-state index in [9.17, 15) is 4.79 Å². The van der Waals surface area contributed by atoms with Gasteiger partial charge in [-0.25, -0.2) is 4.98 Å². The van der Waals surface area contributed by atoms with Crippen LogP contribution < -0.4 is 5.32 Å². The van der Waals surface area contributed by atoms with Crippen molar-refractivity contribution in [3.05, 3.63) is 33.8 Å². The second-order valence-corrected chi connectivity index (χ2v) is 5.46. The lowest BCUT2D eigenvalue weighted by molar-refractivity contribution is -0.117. The summed E-state index contributed by atoms with van der Waals surface area (Å²) in [6.45, 7) is 4.87. The summed E-state index contributed by atoms with van der Waals surface area (Å²) in [5.41, 5.74) is 2.89. The van der Waals surface area contributed by atoms with Gasteiger partial charge < -0.3 is 5.32 Å². The Morgan fingerprint density at radius 3 is 3.06 bits per heavy atom. The lowest BCUT2D eigenvalue weighted by atomic mass is 10.2. The summed E-state index contributed by atoms with van der Waals surface area (Å²) in [6.07, 6.45) is 6.87. The van der Waals surface area contributed by atoms with Gasteiger partial charge in [-0.2, -0.15) is 0 Å². The number of rotatable bonds is 5. The maximum Gasteiger partial charge on any atom is 0.247 e. The minimum Gasteiger partial charge on any atom is -0.352 e. The van der Waals surface area contributed by atoms with Crippen LogP contribution in [0, 0.1) is 6.92 Å². The Bertz CT molecular complexity index is 500. The zero-order chi connectivity index (χ0) is 13.0. The number of hydrogen-bond acceptors (Lipinski definition) is 3. The Morgan fingerprint density at radius 2 is 2.39 bits per heavy atom. The highest BCUT2D eigenvalue weighted by Crippen LogP contribution is 2.27. The first-order valence-electron chi connectivity index (χ1n) is 6.32. The summed E-state index contributed by atoms with van der Waals surface area (Å²) >= 11 is 1.64. The van der Waals surface area contributed by atoms with Crippen LogP contribution in [0.3, 0.4) is 0 Å². The Morgan fingerprint density at radius 1 is 1.56 bits per heavy atom. The van der Waals surface area contributed by atoms with Gasteiger partial charge in [0, 0.05) is 17.5 Å². The number of thiazole rings is 1. The fourth-order valence-electron chi connectivity index (χ4n) is 1.85. The first-order valence-corrected chi connectivity index (χ1v) is 7.20. The first-order chi connectivity index (χ1) is 8.70. The number of aromatic nitrogens is 1. The van der Waals surface area contributed by atoms with E-state index in [0.29, 0.717) is 6.42 Å². The van der Waals surface area contributed by atoms with E-state index in [1.165, 1.54) is 0 Å². The Balaban J connectivity index is 1.96. The van der Waals surface area contributed by atoms with E-state index in [0.717, 1.165) is 41.2 Å². The normalized spacial score (nSPS) is 14.3. The molecule has 1 aliphatic rings. The maximum absolute atomic E-state index is 11.9. The van der Waals surface area contributed by atoms with Gasteiger partial charge in [-0.3, -0.25) is 4.79 Å².